The Labute approximate surface area is 132 Å². The average Bonchev–Trinajstić information content (AvgIpc) is 2.50. The molecule has 1 heterocycles. The SMILES string of the molecule is CCCN(CC1CN(C(C)C)CCO1)C(CC)(CC)CN. The fraction of sp³-hybridized carbons (Fsp3) is 1.00. The molecule has 0 amide bonds. The maximum Gasteiger partial charge on any atom is 0.0829 e. The summed E-state index contributed by atoms with van der Waals surface area (Å²) in [6, 6.07) is 0.604. The molecular weight excluding hydrogens is 262 g/mol. The summed E-state index contributed by atoms with van der Waals surface area (Å²) >= 11 is 0. The van der Waals surface area contributed by atoms with Crippen LogP contribution in [-0.4, -0.2) is 66.8 Å². The molecule has 0 aliphatic carbocycles. The highest BCUT2D eigenvalue weighted by molar-refractivity contribution is 4.91. The minimum atomic E-state index is 0.138. The molecule has 1 saturated heterocycles. The number of ether oxygens (including phenoxy) is 1. The molecule has 0 saturated carbocycles. The zero-order valence-electron chi connectivity index (χ0n) is 14.9. The number of hydrogen-bond acceptors (Lipinski definition) is 4. The van der Waals surface area contributed by atoms with Crippen molar-refractivity contribution in [2.24, 2.45) is 5.73 Å². The summed E-state index contributed by atoms with van der Waals surface area (Å²) in [5.74, 6) is 0. The summed E-state index contributed by atoms with van der Waals surface area (Å²) in [5, 5.41) is 0. The molecule has 1 rings (SSSR count). The number of hydrogen-bond donors (Lipinski definition) is 1. The van der Waals surface area contributed by atoms with E-state index in [1.807, 2.05) is 0 Å². The number of morpholine rings is 1. The van der Waals surface area contributed by atoms with Gasteiger partial charge in [0.1, 0.15) is 0 Å². The largest absolute Gasteiger partial charge is 0.374 e. The van der Waals surface area contributed by atoms with Crippen LogP contribution in [-0.2, 0) is 4.74 Å². The first-order valence-electron chi connectivity index (χ1n) is 8.83. The van der Waals surface area contributed by atoms with Crippen LogP contribution in [0.2, 0.25) is 0 Å². The molecule has 21 heavy (non-hydrogen) atoms. The standard InChI is InChI=1S/C17H37N3O/c1-6-9-20(17(7-2,8-3)14-18)13-16-12-19(15(4)5)10-11-21-16/h15-16H,6-14,18H2,1-5H3. The van der Waals surface area contributed by atoms with Crippen LogP contribution in [0.15, 0.2) is 0 Å². The second-order valence-corrected chi connectivity index (χ2v) is 6.66. The Balaban J connectivity index is 2.73. The molecular formula is C17H37N3O. The molecule has 2 N–H and O–H groups in total. The van der Waals surface area contributed by atoms with Crippen LogP contribution in [0.4, 0.5) is 0 Å². The zero-order chi connectivity index (χ0) is 15.9. The van der Waals surface area contributed by atoms with E-state index >= 15 is 0 Å². The topological polar surface area (TPSA) is 41.7 Å². The van der Waals surface area contributed by atoms with Crippen LogP contribution in [0.25, 0.3) is 0 Å². The van der Waals surface area contributed by atoms with Gasteiger partial charge in [-0.15, -0.1) is 0 Å². The summed E-state index contributed by atoms with van der Waals surface area (Å²) in [6.45, 7) is 17.2. The first kappa shape index (κ1) is 18.9. The summed E-state index contributed by atoms with van der Waals surface area (Å²) in [4.78, 5) is 5.13. The van der Waals surface area contributed by atoms with E-state index in [4.69, 9.17) is 10.5 Å². The van der Waals surface area contributed by atoms with Gasteiger partial charge in [-0.1, -0.05) is 20.8 Å². The van der Waals surface area contributed by atoms with Crippen molar-refractivity contribution in [1.82, 2.24) is 9.80 Å². The quantitative estimate of drug-likeness (QED) is 0.709. The van der Waals surface area contributed by atoms with E-state index in [0.29, 0.717) is 12.1 Å². The lowest BCUT2D eigenvalue weighted by Crippen LogP contribution is -2.58. The second kappa shape index (κ2) is 9.09. The maximum absolute atomic E-state index is 6.15. The summed E-state index contributed by atoms with van der Waals surface area (Å²) in [7, 11) is 0. The molecule has 4 nitrogen and oxygen atoms in total. The van der Waals surface area contributed by atoms with E-state index < -0.39 is 0 Å². The molecule has 0 bridgehead atoms. The molecule has 0 aromatic rings. The summed E-state index contributed by atoms with van der Waals surface area (Å²) in [6.07, 6.45) is 3.71. The molecule has 1 fully saturated rings. The van der Waals surface area contributed by atoms with Crippen LogP contribution < -0.4 is 5.73 Å². The van der Waals surface area contributed by atoms with Gasteiger partial charge in [0.2, 0.25) is 0 Å². The molecule has 0 radical (unpaired) electrons. The molecule has 0 aromatic carbocycles. The van der Waals surface area contributed by atoms with Gasteiger partial charge in [-0.3, -0.25) is 9.80 Å². The lowest BCUT2D eigenvalue weighted by molar-refractivity contribution is -0.0679. The third-order valence-corrected chi connectivity index (χ3v) is 5.19. The third-order valence-electron chi connectivity index (χ3n) is 5.19. The van der Waals surface area contributed by atoms with Gasteiger partial charge in [0.25, 0.3) is 0 Å². The van der Waals surface area contributed by atoms with Crippen molar-refractivity contribution < 1.29 is 4.74 Å². The monoisotopic (exact) mass is 299 g/mol. The lowest BCUT2D eigenvalue weighted by Gasteiger charge is -2.45. The maximum atomic E-state index is 6.15. The number of nitrogens with two attached hydrogens (primary N) is 1. The van der Waals surface area contributed by atoms with Gasteiger partial charge in [0.05, 0.1) is 12.7 Å². The molecule has 4 heteroatoms. The lowest BCUT2D eigenvalue weighted by atomic mass is 9.90. The average molecular weight is 300 g/mol. The summed E-state index contributed by atoms with van der Waals surface area (Å²) < 4.78 is 6.04. The van der Waals surface area contributed by atoms with Crippen LogP contribution in [0, 0.1) is 0 Å². The van der Waals surface area contributed by atoms with Crippen LogP contribution in [0.1, 0.15) is 53.9 Å². The van der Waals surface area contributed by atoms with Crippen molar-refractivity contribution in [1.29, 1.82) is 0 Å². The van der Waals surface area contributed by atoms with Crippen molar-refractivity contribution >= 4 is 0 Å². The normalized spacial score (nSPS) is 21.4. The highest BCUT2D eigenvalue weighted by atomic mass is 16.5. The molecule has 0 spiro atoms. The zero-order valence-corrected chi connectivity index (χ0v) is 14.9. The Bertz CT molecular complexity index is 271. The Hall–Kier alpha value is -0.160. The van der Waals surface area contributed by atoms with Crippen molar-refractivity contribution in [2.45, 2.75) is 71.6 Å². The van der Waals surface area contributed by atoms with E-state index in [9.17, 15) is 0 Å². The molecule has 0 aromatic heterocycles. The van der Waals surface area contributed by atoms with Gasteiger partial charge in [-0.2, -0.15) is 0 Å². The number of rotatable bonds is 9. The van der Waals surface area contributed by atoms with Crippen molar-refractivity contribution in [3.63, 3.8) is 0 Å². The second-order valence-electron chi connectivity index (χ2n) is 6.66. The molecule has 1 atom stereocenters. The predicted octanol–water partition coefficient (Wildman–Crippen LogP) is 2.33. The van der Waals surface area contributed by atoms with Gasteiger partial charge in [0.15, 0.2) is 0 Å². The first-order chi connectivity index (χ1) is 10.0. The van der Waals surface area contributed by atoms with Crippen LogP contribution >= 0.6 is 0 Å². The summed E-state index contributed by atoms with van der Waals surface area (Å²) in [5.41, 5.74) is 6.29. The smallest absolute Gasteiger partial charge is 0.0829 e. The van der Waals surface area contributed by atoms with E-state index in [1.165, 1.54) is 6.42 Å². The Morgan fingerprint density at radius 2 is 1.95 bits per heavy atom. The predicted molar refractivity (Wildman–Crippen MR) is 90.7 cm³/mol. The molecule has 126 valence electrons. The molecule has 1 unspecified atom stereocenters. The van der Waals surface area contributed by atoms with E-state index in [-0.39, 0.29) is 5.54 Å². The van der Waals surface area contributed by atoms with Gasteiger partial charge in [-0.25, -0.2) is 0 Å². The van der Waals surface area contributed by atoms with Gasteiger partial charge in [0, 0.05) is 37.8 Å². The Morgan fingerprint density at radius 1 is 1.29 bits per heavy atom. The van der Waals surface area contributed by atoms with Crippen molar-refractivity contribution in [3.05, 3.63) is 0 Å². The molecule has 1 aliphatic heterocycles. The minimum absolute atomic E-state index is 0.138. The highest BCUT2D eigenvalue weighted by Crippen LogP contribution is 2.24. The van der Waals surface area contributed by atoms with Gasteiger partial charge < -0.3 is 10.5 Å². The van der Waals surface area contributed by atoms with Gasteiger partial charge in [-0.05, 0) is 39.7 Å². The van der Waals surface area contributed by atoms with E-state index in [0.717, 1.165) is 52.2 Å². The highest BCUT2D eigenvalue weighted by Gasteiger charge is 2.34. The first-order valence-corrected chi connectivity index (χ1v) is 8.83. The minimum Gasteiger partial charge on any atom is -0.374 e. The Kier molecular flexibility index (Phi) is 8.17. The fourth-order valence-corrected chi connectivity index (χ4v) is 3.47. The van der Waals surface area contributed by atoms with Crippen molar-refractivity contribution in [2.75, 3.05) is 39.3 Å². The fourth-order valence-electron chi connectivity index (χ4n) is 3.47. The van der Waals surface area contributed by atoms with Crippen molar-refractivity contribution in [3.8, 4) is 0 Å². The number of nitrogens with zero attached hydrogens (tertiary/aromatic N) is 2. The van der Waals surface area contributed by atoms with Crippen LogP contribution in [0.5, 0.6) is 0 Å². The van der Waals surface area contributed by atoms with Crippen LogP contribution in [0.3, 0.4) is 0 Å². The third kappa shape index (κ3) is 4.92. The van der Waals surface area contributed by atoms with E-state index in [2.05, 4.69) is 44.4 Å². The van der Waals surface area contributed by atoms with Gasteiger partial charge >= 0.3 is 0 Å². The molecule has 1 aliphatic rings. The Morgan fingerprint density at radius 3 is 2.43 bits per heavy atom. The van der Waals surface area contributed by atoms with E-state index in [1.54, 1.807) is 0 Å².